The number of aromatic nitrogens is 2. The van der Waals surface area contributed by atoms with Crippen molar-refractivity contribution in [1.82, 2.24) is 9.97 Å². The molecule has 0 saturated heterocycles. The fourth-order valence-corrected chi connectivity index (χ4v) is 1.79. The Hall–Kier alpha value is -1.05. The Morgan fingerprint density at radius 2 is 2.25 bits per heavy atom. The van der Waals surface area contributed by atoms with E-state index in [0.29, 0.717) is 23.0 Å². The molecule has 0 bridgehead atoms. The Bertz CT molecular complexity index is 402. The second kappa shape index (κ2) is 5.88. The molecule has 1 aromatic rings. The fourth-order valence-electron chi connectivity index (χ4n) is 1.28. The van der Waals surface area contributed by atoms with Crippen LogP contribution in [0, 0.1) is 11.3 Å². The predicted octanol–water partition coefficient (Wildman–Crippen LogP) is 2.61. The first-order chi connectivity index (χ1) is 7.61. The minimum Gasteiger partial charge on any atom is -0.356 e. The van der Waals surface area contributed by atoms with E-state index >= 15 is 0 Å². The van der Waals surface area contributed by atoms with E-state index in [9.17, 15) is 0 Å². The van der Waals surface area contributed by atoms with Crippen molar-refractivity contribution in [3.8, 4) is 6.07 Å². The molecule has 1 atom stereocenters. The summed E-state index contributed by atoms with van der Waals surface area (Å²) in [5.41, 5.74) is 0.693. The highest BCUT2D eigenvalue weighted by atomic mass is 35.5. The molecule has 86 valence electrons. The largest absolute Gasteiger partial charge is 0.356 e. The van der Waals surface area contributed by atoms with E-state index in [1.165, 1.54) is 6.33 Å². The van der Waals surface area contributed by atoms with Crippen molar-refractivity contribution in [3.63, 3.8) is 0 Å². The van der Waals surface area contributed by atoms with E-state index in [2.05, 4.69) is 16.0 Å². The maximum absolute atomic E-state index is 8.65. The molecule has 16 heavy (non-hydrogen) atoms. The number of halogens is 2. The number of anilines is 1. The van der Waals surface area contributed by atoms with Gasteiger partial charge < -0.3 is 4.90 Å². The second-order valence-corrected chi connectivity index (χ2v) is 4.05. The summed E-state index contributed by atoms with van der Waals surface area (Å²) in [4.78, 5) is 9.91. The average molecular weight is 259 g/mol. The van der Waals surface area contributed by atoms with Gasteiger partial charge in [-0.3, -0.25) is 0 Å². The first kappa shape index (κ1) is 13.0. The van der Waals surface area contributed by atoms with Crippen LogP contribution < -0.4 is 4.90 Å². The standard InChI is InChI=1S/C10H12Cl2N4/c1-7(3-4-13)16(2)10-8(5-11)9(12)14-6-15-10/h6-7H,3,5H2,1-2H3. The molecule has 0 aliphatic heterocycles. The molecule has 0 fully saturated rings. The van der Waals surface area contributed by atoms with Crippen LogP contribution in [0.4, 0.5) is 5.82 Å². The summed E-state index contributed by atoms with van der Waals surface area (Å²) in [6, 6.07) is 2.17. The lowest BCUT2D eigenvalue weighted by Crippen LogP contribution is -2.30. The second-order valence-electron chi connectivity index (χ2n) is 3.42. The topological polar surface area (TPSA) is 52.8 Å². The van der Waals surface area contributed by atoms with Gasteiger partial charge >= 0.3 is 0 Å². The van der Waals surface area contributed by atoms with Crippen LogP contribution in [0.5, 0.6) is 0 Å². The third-order valence-corrected chi connectivity index (χ3v) is 2.98. The normalized spacial score (nSPS) is 11.9. The Kier molecular flexibility index (Phi) is 4.78. The SMILES string of the molecule is CC(CC#N)N(C)c1ncnc(Cl)c1CCl. The van der Waals surface area contributed by atoms with Crippen molar-refractivity contribution in [2.45, 2.75) is 25.3 Å². The van der Waals surface area contributed by atoms with Crippen molar-refractivity contribution < 1.29 is 0 Å². The molecule has 0 radical (unpaired) electrons. The molecule has 6 heteroatoms. The number of hydrogen-bond acceptors (Lipinski definition) is 4. The van der Waals surface area contributed by atoms with Crippen LogP contribution in [0.15, 0.2) is 6.33 Å². The first-order valence-electron chi connectivity index (χ1n) is 4.77. The molecule has 1 heterocycles. The van der Waals surface area contributed by atoms with Crippen molar-refractivity contribution in [1.29, 1.82) is 5.26 Å². The highest BCUT2D eigenvalue weighted by Crippen LogP contribution is 2.25. The van der Waals surface area contributed by atoms with Crippen LogP contribution in [-0.4, -0.2) is 23.1 Å². The van der Waals surface area contributed by atoms with Gasteiger partial charge in [-0.25, -0.2) is 9.97 Å². The molecular weight excluding hydrogens is 247 g/mol. The van der Waals surface area contributed by atoms with Crippen molar-refractivity contribution in [2.24, 2.45) is 0 Å². The Morgan fingerprint density at radius 3 is 2.81 bits per heavy atom. The van der Waals surface area contributed by atoms with Gasteiger partial charge in [-0.2, -0.15) is 5.26 Å². The smallest absolute Gasteiger partial charge is 0.138 e. The molecule has 1 aromatic heterocycles. The highest BCUT2D eigenvalue weighted by Gasteiger charge is 2.16. The van der Waals surface area contributed by atoms with E-state index in [1.54, 1.807) is 0 Å². The van der Waals surface area contributed by atoms with E-state index in [0.717, 1.165) is 0 Å². The molecule has 1 rings (SSSR count). The van der Waals surface area contributed by atoms with Gasteiger partial charge in [0.2, 0.25) is 0 Å². The summed E-state index contributed by atoms with van der Waals surface area (Å²) in [7, 11) is 1.86. The monoisotopic (exact) mass is 258 g/mol. The Labute approximate surface area is 105 Å². The summed E-state index contributed by atoms with van der Waals surface area (Å²) in [5, 5.41) is 9.01. The van der Waals surface area contributed by atoms with Crippen LogP contribution in [0.3, 0.4) is 0 Å². The maximum atomic E-state index is 8.65. The molecule has 0 spiro atoms. The molecule has 4 nitrogen and oxygen atoms in total. The fraction of sp³-hybridized carbons (Fsp3) is 0.500. The van der Waals surface area contributed by atoms with Crippen LogP contribution >= 0.6 is 23.2 Å². The van der Waals surface area contributed by atoms with E-state index in [-0.39, 0.29) is 11.9 Å². The lowest BCUT2D eigenvalue weighted by atomic mass is 10.2. The van der Waals surface area contributed by atoms with Crippen LogP contribution in [0.2, 0.25) is 5.15 Å². The van der Waals surface area contributed by atoms with Crippen molar-refractivity contribution in [2.75, 3.05) is 11.9 Å². The summed E-state index contributed by atoms with van der Waals surface area (Å²) in [6.07, 6.45) is 1.81. The Morgan fingerprint density at radius 1 is 1.56 bits per heavy atom. The van der Waals surface area contributed by atoms with E-state index in [4.69, 9.17) is 28.5 Å². The van der Waals surface area contributed by atoms with Gasteiger partial charge in [0, 0.05) is 18.7 Å². The molecule has 0 aliphatic rings. The molecule has 1 unspecified atom stereocenters. The van der Waals surface area contributed by atoms with Gasteiger partial charge in [-0.1, -0.05) is 11.6 Å². The quantitative estimate of drug-likeness (QED) is 0.616. The average Bonchev–Trinajstić information content (AvgIpc) is 2.28. The number of rotatable bonds is 4. The summed E-state index contributed by atoms with van der Waals surface area (Å²) in [6.45, 7) is 1.94. The van der Waals surface area contributed by atoms with Crippen LogP contribution in [0.25, 0.3) is 0 Å². The third-order valence-electron chi connectivity index (χ3n) is 2.39. The van der Waals surface area contributed by atoms with Gasteiger partial charge in [-0.05, 0) is 6.92 Å². The number of alkyl halides is 1. The van der Waals surface area contributed by atoms with Crippen LogP contribution in [0.1, 0.15) is 18.9 Å². The molecular formula is C10H12Cl2N4. The zero-order chi connectivity index (χ0) is 12.1. The molecule has 0 saturated carbocycles. The van der Waals surface area contributed by atoms with Crippen molar-refractivity contribution >= 4 is 29.0 Å². The lowest BCUT2D eigenvalue weighted by Gasteiger charge is -2.25. The lowest BCUT2D eigenvalue weighted by molar-refractivity contribution is 0.690. The molecule has 0 N–H and O–H groups in total. The number of nitriles is 1. The van der Waals surface area contributed by atoms with E-state index in [1.807, 2.05) is 18.9 Å². The highest BCUT2D eigenvalue weighted by molar-refractivity contribution is 6.31. The minimum atomic E-state index is 0.0536. The van der Waals surface area contributed by atoms with Gasteiger partial charge in [0.05, 0.1) is 18.4 Å². The summed E-state index contributed by atoms with van der Waals surface area (Å²) < 4.78 is 0. The predicted molar refractivity (Wildman–Crippen MR) is 64.7 cm³/mol. The minimum absolute atomic E-state index is 0.0536. The van der Waals surface area contributed by atoms with Crippen molar-refractivity contribution in [3.05, 3.63) is 17.0 Å². The van der Waals surface area contributed by atoms with Gasteiger partial charge in [0.15, 0.2) is 0 Å². The van der Waals surface area contributed by atoms with Gasteiger partial charge in [0.1, 0.15) is 17.3 Å². The summed E-state index contributed by atoms with van der Waals surface area (Å²) >= 11 is 11.7. The molecule has 0 aliphatic carbocycles. The zero-order valence-electron chi connectivity index (χ0n) is 9.11. The Balaban J connectivity index is 3.04. The maximum Gasteiger partial charge on any atom is 0.138 e. The molecule has 0 amide bonds. The third kappa shape index (κ3) is 2.75. The summed E-state index contributed by atoms with van der Waals surface area (Å²) in [5.74, 6) is 0.927. The van der Waals surface area contributed by atoms with E-state index < -0.39 is 0 Å². The molecule has 0 aromatic carbocycles. The first-order valence-corrected chi connectivity index (χ1v) is 5.68. The van der Waals surface area contributed by atoms with Gasteiger partial charge in [0.25, 0.3) is 0 Å². The number of nitrogens with zero attached hydrogens (tertiary/aromatic N) is 4. The van der Waals surface area contributed by atoms with Crippen LogP contribution in [-0.2, 0) is 5.88 Å². The zero-order valence-corrected chi connectivity index (χ0v) is 10.6. The number of hydrogen-bond donors (Lipinski definition) is 0. The van der Waals surface area contributed by atoms with Gasteiger partial charge in [-0.15, -0.1) is 11.6 Å².